The maximum atomic E-state index is 12.2. The summed E-state index contributed by atoms with van der Waals surface area (Å²) in [5.74, 6) is -4.22. The van der Waals surface area contributed by atoms with E-state index in [-0.39, 0.29) is 11.5 Å². The number of nitrogens with two attached hydrogens (primary N) is 1. The summed E-state index contributed by atoms with van der Waals surface area (Å²) in [5, 5.41) is 34.3. The van der Waals surface area contributed by atoms with Crippen LogP contribution in [-0.2, 0) is 19.2 Å². The summed E-state index contributed by atoms with van der Waals surface area (Å²) in [6.45, 7) is 0.406. The van der Waals surface area contributed by atoms with Gasteiger partial charge in [-0.3, -0.25) is 14.4 Å². The van der Waals surface area contributed by atoms with Crippen LogP contribution >= 0.6 is 25.3 Å². The van der Waals surface area contributed by atoms with Gasteiger partial charge in [0.15, 0.2) is 0 Å². The molecule has 3 amide bonds. The molecular formula is C13H24N4O7S2. The highest BCUT2D eigenvalue weighted by Crippen LogP contribution is 1.98. The summed E-state index contributed by atoms with van der Waals surface area (Å²) < 4.78 is 0. The second kappa shape index (κ2) is 12.0. The average molecular weight is 412 g/mol. The quantitative estimate of drug-likeness (QED) is 0.154. The van der Waals surface area contributed by atoms with Gasteiger partial charge >= 0.3 is 5.97 Å². The Morgan fingerprint density at radius 3 is 1.88 bits per heavy atom. The Labute approximate surface area is 160 Å². The number of rotatable bonds is 11. The van der Waals surface area contributed by atoms with Crippen LogP contribution in [0.3, 0.4) is 0 Å². The number of carboxylic acids is 1. The topological polar surface area (TPSA) is 191 Å². The summed E-state index contributed by atoms with van der Waals surface area (Å²) in [6, 6.07) is -5.29. The first-order chi connectivity index (χ1) is 12.1. The second-order valence-corrected chi connectivity index (χ2v) is 6.07. The Balaban J connectivity index is 5.06. The Hall–Kier alpha value is -1.54. The van der Waals surface area contributed by atoms with Gasteiger partial charge in [-0.1, -0.05) is 0 Å². The lowest BCUT2D eigenvalue weighted by molar-refractivity contribution is -0.142. The normalized spacial score (nSPS) is 16.5. The molecule has 26 heavy (non-hydrogen) atoms. The largest absolute Gasteiger partial charge is 0.480 e. The van der Waals surface area contributed by atoms with Crippen LogP contribution in [0.5, 0.6) is 0 Å². The molecule has 0 fully saturated rings. The Morgan fingerprint density at radius 1 is 0.962 bits per heavy atom. The van der Waals surface area contributed by atoms with E-state index in [1.807, 2.05) is 0 Å². The summed E-state index contributed by atoms with van der Waals surface area (Å²) in [7, 11) is 0. The van der Waals surface area contributed by atoms with Gasteiger partial charge in [-0.15, -0.1) is 0 Å². The third kappa shape index (κ3) is 7.78. The van der Waals surface area contributed by atoms with Crippen LogP contribution in [-0.4, -0.2) is 87.4 Å². The Kier molecular flexibility index (Phi) is 11.2. The molecule has 0 saturated heterocycles. The minimum absolute atomic E-state index is 0.00457. The van der Waals surface area contributed by atoms with Crippen LogP contribution in [0.4, 0.5) is 0 Å². The van der Waals surface area contributed by atoms with Gasteiger partial charge in [0, 0.05) is 11.5 Å². The van der Waals surface area contributed by atoms with Crippen molar-refractivity contribution in [1.29, 1.82) is 0 Å². The molecule has 0 aliphatic heterocycles. The summed E-state index contributed by atoms with van der Waals surface area (Å²) in [6.07, 6.45) is -1.39. The van der Waals surface area contributed by atoms with Gasteiger partial charge < -0.3 is 37.0 Å². The molecule has 0 rings (SSSR count). The van der Waals surface area contributed by atoms with Crippen LogP contribution in [0.25, 0.3) is 0 Å². The maximum Gasteiger partial charge on any atom is 0.327 e. The Morgan fingerprint density at radius 2 is 1.50 bits per heavy atom. The van der Waals surface area contributed by atoms with Crippen LogP contribution in [0.15, 0.2) is 0 Å². The molecular weight excluding hydrogens is 388 g/mol. The average Bonchev–Trinajstić information content (AvgIpc) is 2.59. The molecule has 5 atom stereocenters. The number of nitrogens with one attached hydrogen (secondary N) is 3. The fourth-order valence-electron chi connectivity index (χ4n) is 1.66. The predicted molar refractivity (Wildman–Crippen MR) is 97.9 cm³/mol. The molecule has 0 radical (unpaired) electrons. The number of thiol groups is 2. The Bertz CT molecular complexity index is 521. The molecule has 0 bridgehead atoms. The highest BCUT2D eigenvalue weighted by atomic mass is 32.1. The molecule has 0 aromatic carbocycles. The zero-order chi connectivity index (χ0) is 20.4. The van der Waals surface area contributed by atoms with E-state index in [1.54, 1.807) is 0 Å². The summed E-state index contributed by atoms with van der Waals surface area (Å²) >= 11 is 7.63. The second-order valence-electron chi connectivity index (χ2n) is 5.34. The van der Waals surface area contributed by atoms with E-state index in [4.69, 9.17) is 10.8 Å². The highest BCUT2D eigenvalue weighted by Gasteiger charge is 2.32. The van der Waals surface area contributed by atoms with Gasteiger partial charge in [-0.2, -0.15) is 25.3 Å². The molecule has 0 spiro atoms. The fraction of sp³-hybridized carbons (Fsp3) is 0.692. The van der Waals surface area contributed by atoms with Crippen molar-refractivity contribution in [3.63, 3.8) is 0 Å². The lowest BCUT2D eigenvalue weighted by atomic mass is 10.1. The minimum atomic E-state index is -1.52. The molecule has 11 nitrogen and oxygen atoms in total. The molecule has 0 aromatic rings. The molecule has 0 aliphatic rings. The zero-order valence-electron chi connectivity index (χ0n) is 14.0. The molecule has 8 N–H and O–H groups in total. The van der Waals surface area contributed by atoms with E-state index in [0.29, 0.717) is 0 Å². The minimum Gasteiger partial charge on any atom is -0.480 e. The fourth-order valence-corrected chi connectivity index (χ4v) is 2.08. The number of hydrogen-bond acceptors (Lipinski definition) is 9. The number of aliphatic hydroxyl groups excluding tert-OH is 2. The lowest BCUT2D eigenvalue weighted by Crippen LogP contribution is -2.60. The van der Waals surface area contributed by atoms with Gasteiger partial charge in [0.2, 0.25) is 17.7 Å². The number of carbonyl (C=O) groups excluding carboxylic acids is 3. The van der Waals surface area contributed by atoms with Crippen molar-refractivity contribution < 1.29 is 34.5 Å². The first-order valence-corrected chi connectivity index (χ1v) is 8.75. The van der Waals surface area contributed by atoms with Gasteiger partial charge in [0.25, 0.3) is 0 Å². The van der Waals surface area contributed by atoms with Gasteiger partial charge in [0.1, 0.15) is 18.1 Å². The van der Waals surface area contributed by atoms with Crippen molar-refractivity contribution in [2.45, 2.75) is 37.2 Å². The van der Waals surface area contributed by atoms with E-state index < -0.39 is 60.6 Å². The first kappa shape index (κ1) is 24.5. The summed E-state index contributed by atoms with van der Waals surface area (Å²) in [5.41, 5.74) is 5.45. The van der Waals surface area contributed by atoms with Crippen molar-refractivity contribution in [2.24, 2.45) is 5.73 Å². The molecule has 0 saturated carbocycles. The lowest BCUT2D eigenvalue weighted by Gasteiger charge is -2.25. The number of amides is 3. The molecule has 0 aliphatic carbocycles. The number of carboxylic acid groups (broad SMARTS) is 1. The molecule has 0 unspecified atom stereocenters. The predicted octanol–water partition coefficient (Wildman–Crippen LogP) is -3.91. The van der Waals surface area contributed by atoms with E-state index in [1.165, 1.54) is 6.92 Å². The van der Waals surface area contributed by atoms with E-state index in [9.17, 15) is 29.4 Å². The van der Waals surface area contributed by atoms with Crippen LogP contribution in [0.1, 0.15) is 6.92 Å². The third-order valence-corrected chi connectivity index (χ3v) is 3.97. The number of carbonyl (C=O) groups is 4. The standard InChI is InChI=1S/C13H24N4O7S2/c1-5(19)9(12(22)16-8(4-26)13(23)24)17-11(21)7(2-18)15-10(20)6(14)3-25/h5-9,18-19,25-26H,2-4,14H2,1H3,(H,15,20)(H,16,22)(H,17,21)(H,23,24)/t5-,6+,7+,8+,9+/m1/s1. The molecule has 150 valence electrons. The SMILES string of the molecule is C[C@@H](O)[C@H](NC(=O)[C@H](CO)NC(=O)[C@@H](N)CS)C(=O)N[C@@H](CS)C(=O)O. The van der Waals surface area contributed by atoms with Crippen molar-refractivity contribution in [3.05, 3.63) is 0 Å². The van der Waals surface area contributed by atoms with Gasteiger partial charge in [0.05, 0.1) is 18.8 Å². The molecule has 0 aromatic heterocycles. The number of aliphatic hydroxyl groups is 2. The van der Waals surface area contributed by atoms with Crippen molar-refractivity contribution in [1.82, 2.24) is 16.0 Å². The maximum absolute atomic E-state index is 12.2. The van der Waals surface area contributed by atoms with Crippen molar-refractivity contribution in [2.75, 3.05) is 18.1 Å². The van der Waals surface area contributed by atoms with E-state index in [2.05, 4.69) is 41.2 Å². The summed E-state index contributed by atoms with van der Waals surface area (Å²) in [4.78, 5) is 46.9. The van der Waals surface area contributed by atoms with Crippen molar-refractivity contribution >= 4 is 48.9 Å². The van der Waals surface area contributed by atoms with Gasteiger partial charge in [-0.05, 0) is 6.92 Å². The van der Waals surface area contributed by atoms with Crippen LogP contribution in [0, 0.1) is 0 Å². The van der Waals surface area contributed by atoms with E-state index >= 15 is 0 Å². The first-order valence-electron chi connectivity index (χ1n) is 7.49. The monoisotopic (exact) mass is 412 g/mol. The van der Waals surface area contributed by atoms with Crippen molar-refractivity contribution in [3.8, 4) is 0 Å². The van der Waals surface area contributed by atoms with Crippen LogP contribution < -0.4 is 21.7 Å². The highest BCUT2D eigenvalue weighted by molar-refractivity contribution is 7.80. The molecule has 0 heterocycles. The smallest absolute Gasteiger partial charge is 0.327 e. The number of hydrogen-bond donors (Lipinski definition) is 9. The molecule has 13 heteroatoms. The number of aliphatic carboxylic acids is 1. The zero-order valence-corrected chi connectivity index (χ0v) is 15.7. The van der Waals surface area contributed by atoms with Gasteiger partial charge in [-0.25, -0.2) is 4.79 Å². The van der Waals surface area contributed by atoms with Crippen LogP contribution in [0.2, 0.25) is 0 Å². The third-order valence-electron chi connectivity index (χ3n) is 3.21. The van der Waals surface area contributed by atoms with E-state index in [0.717, 1.165) is 0 Å².